The third-order valence-electron chi connectivity index (χ3n) is 4.05. The number of fused-ring (bicyclic) bond motifs is 1. The van der Waals surface area contributed by atoms with Gasteiger partial charge in [0.15, 0.2) is 0 Å². The fourth-order valence-electron chi connectivity index (χ4n) is 2.51. The first kappa shape index (κ1) is 14.1. The predicted octanol–water partition coefficient (Wildman–Crippen LogP) is 5.77. The van der Waals surface area contributed by atoms with Crippen LogP contribution in [0.3, 0.4) is 0 Å². The molecule has 1 aromatic heterocycles. The van der Waals surface area contributed by atoms with Crippen LogP contribution in [0.4, 0.5) is 0 Å². The van der Waals surface area contributed by atoms with Crippen molar-refractivity contribution in [1.82, 2.24) is 4.98 Å². The molecule has 1 aliphatic rings. The first-order valence-corrected chi connectivity index (χ1v) is 8.43. The van der Waals surface area contributed by atoms with Crippen molar-refractivity contribution in [1.29, 1.82) is 0 Å². The van der Waals surface area contributed by atoms with Gasteiger partial charge in [0.05, 0.1) is 15.2 Å². The highest BCUT2D eigenvalue weighted by Crippen LogP contribution is 2.46. The highest BCUT2D eigenvalue weighted by molar-refractivity contribution is 7.18. The summed E-state index contributed by atoms with van der Waals surface area (Å²) < 4.78 is 1.38. The summed E-state index contributed by atoms with van der Waals surface area (Å²) in [5.74, 6) is 0.759. The van der Waals surface area contributed by atoms with Gasteiger partial charge < -0.3 is 0 Å². The normalized spacial score (nSPS) is 16.9. The lowest BCUT2D eigenvalue weighted by Crippen LogP contribution is -2.11. The highest BCUT2D eigenvalue weighted by atomic mass is 32.1. The van der Waals surface area contributed by atoms with Crippen molar-refractivity contribution >= 4 is 21.6 Å². The van der Waals surface area contributed by atoms with Gasteiger partial charge in [0.25, 0.3) is 0 Å². The zero-order valence-corrected chi connectivity index (χ0v) is 14.3. The number of thiazole rings is 1. The molecule has 0 radical (unpaired) electrons. The Morgan fingerprint density at radius 1 is 1.00 bits per heavy atom. The van der Waals surface area contributed by atoms with E-state index in [2.05, 4.69) is 53.7 Å². The zero-order chi connectivity index (χ0) is 14.7. The molecule has 0 saturated heterocycles. The lowest BCUT2D eigenvalue weighted by atomic mass is 9.85. The van der Waals surface area contributed by atoms with Crippen LogP contribution in [0.1, 0.15) is 76.4 Å². The number of rotatable bonds is 1. The predicted molar refractivity (Wildman–Crippen MR) is 89.0 cm³/mol. The molecule has 0 unspecified atom stereocenters. The number of nitrogens with zero attached hydrogens (tertiary/aromatic N) is 1. The highest BCUT2D eigenvalue weighted by Gasteiger charge is 2.30. The second-order valence-corrected chi connectivity index (χ2v) is 9.24. The third kappa shape index (κ3) is 2.50. The summed E-state index contributed by atoms with van der Waals surface area (Å²) in [4.78, 5) is 4.99. The minimum atomic E-state index is 0.145. The summed E-state index contributed by atoms with van der Waals surface area (Å²) in [5, 5.41) is 1.26. The first-order valence-electron chi connectivity index (χ1n) is 7.62. The molecule has 0 aliphatic heterocycles. The van der Waals surface area contributed by atoms with Gasteiger partial charge in [-0.2, -0.15) is 0 Å². The van der Waals surface area contributed by atoms with Gasteiger partial charge in [0.2, 0.25) is 0 Å². The maximum atomic E-state index is 4.99. The second-order valence-electron chi connectivity index (χ2n) is 8.21. The Balaban J connectivity index is 2.24. The minimum Gasteiger partial charge on any atom is -0.240 e. The summed E-state index contributed by atoms with van der Waals surface area (Å²) in [7, 11) is 0. The molecule has 0 spiro atoms. The first-order chi connectivity index (χ1) is 9.16. The van der Waals surface area contributed by atoms with Crippen LogP contribution in [0.5, 0.6) is 0 Å². The van der Waals surface area contributed by atoms with Gasteiger partial charge in [0, 0.05) is 5.41 Å². The molecule has 0 bridgehead atoms. The Kier molecular flexibility index (Phi) is 3.02. The van der Waals surface area contributed by atoms with Crippen molar-refractivity contribution in [2.45, 2.75) is 71.1 Å². The standard InChI is InChI=1S/C18H25NS/c1-17(2,3)12-9-13(11-7-8-11)15-14(10-12)20-16(19-15)18(4,5)6/h9-11H,7-8H2,1-6H3. The Morgan fingerprint density at radius 2 is 1.65 bits per heavy atom. The van der Waals surface area contributed by atoms with E-state index in [1.807, 2.05) is 11.3 Å². The van der Waals surface area contributed by atoms with Crippen molar-refractivity contribution in [2.24, 2.45) is 0 Å². The molecular weight excluding hydrogens is 262 g/mol. The fourth-order valence-corrected chi connectivity index (χ4v) is 3.61. The molecule has 0 amide bonds. The molecular formula is C18H25NS. The molecule has 2 aromatic rings. The van der Waals surface area contributed by atoms with Crippen LogP contribution in [0, 0.1) is 0 Å². The Hall–Kier alpha value is -0.890. The molecule has 20 heavy (non-hydrogen) atoms. The largest absolute Gasteiger partial charge is 0.240 e. The molecule has 0 N–H and O–H groups in total. The second kappa shape index (κ2) is 4.30. The fraction of sp³-hybridized carbons (Fsp3) is 0.611. The molecule has 0 atom stereocenters. The van der Waals surface area contributed by atoms with Gasteiger partial charge in [0.1, 0.15) is 0 Å². The average molecular weight is 287 g/mol. The van der Waals surface area contributed by atoms with Crippen LogP contribution in [0.2, 0.25) is 0 Å². The Labute approximate surface area is 126 Å². The molecule has 3 rings (SSSR count). The smallest absolute Gasteiger partial charge is 0.0992 e. The molecule has 1 saturated carbocycles. The maximum absolute atomic E-state index is 4.99. The molecule has 1 aliphatic carbocycles. The number of hydrogen-bond donors (Lipinski definition) is 0. The van der Waals surface area contributed by atoms with Gasteiger partial charge in [-0.05, 0) is 41.4 Å². The third-order valence-corrected chi connectivity index (χ3v) is 5.48. The van der Waals surface area contributed by atoms with E-state index in [4.69, 9.17) is 4.98 Å². The van der Waals surface area contributed by atoms with Crippen LogP contribution in [-0.2, 0) is 10.8 Å². The monoisotopic (exact) mass is 287 g/mol. The topological polar surface area (TPSA) is 12.9 Å². The van der Waals surface area contributed by atoms with Crippen LogP contribution in [0.25, 0.3) is 10.2 Å². The Morgan fingerprint density at radius 3 is 2.15 bits per heavy atom. The molecule has 108 valence electrons. The summed E-state index contributed by atoms with van der Waals surface area (Å²) in [6.07, 6.45) is 2.68. The molecule has 1 heterocycles. The van der Waals surface area contributed by atoms with Crippen LogP contribution in [0.15, 0.2) is 12.1 Å². The number of hydrogen-bond acceptors (Lipinski definition) is 2. The minimum absolute atomic E-state index is 0.145. The van der Waals surface area contributed by atoms with E-state index in [1.165, 1.54) is 39.2 Å². The lowest BCUT2D eigenvalue weighted by molar-refractivity contribution is 0.586. The molecule has 1 aromatic carbocycles. The van der Waals surface area contributed by atoms with E-state index in [0.29, 0.717) is 0 Å². The van der Waals surface area contributed by atoms with Crippen molar-refractivity contribution in [3.8, 4) is 0 Å². The van der Waals surface area contributed by atoms with Crippen molar-refractivity contribution < 1.29 is 0 Å². The van der Waals surface area contributed by atoms with Crippen molar-refractivity contribution in [3.63, 3.8) is 0 Å². The number of aromatic nitrogens is 1. The molecule has 2 heteroatoms. The van der Waals surface area contributed by atoms with E-state index in [0.717, 1.165) is 5.92 Å². The van der Waals surface area contributed by atoms with Gasteiger partial charge in [-0.25, -0.2) is 4.98 Å². The van der Waals surface area contributed by atoms with E-state index in [9.17, 15) is 0 Å². The van der Waals surface area contributed by atoms with Crippen LogP contribution < -0.4 is 0 Å². The summed E-state index contributed by atoms with van der Waals surface area (Å²) >= 11 is 1.88. The summed E-state index contributed by atoms with van der Waals surface area (Å²) in [6, 6.07) is 4.79. The van der Waals surface area contributed by atoms with Gasteiger partial charge in [-0.1, -0.05) is 47.6 Å². The molecule has 1 nitrogen and oxygen atoms in total. The van der Waals surface area contributed by atoms with Crippen LogP contribution in [-0.4, -0.2) is 4.98 Å². The quantitative estimate of drug-likeness (QED) is 0.649. The van der Waals surface area contributed by atoms with E-state index >= 15 is 0 Å². The van der Waals surface area contributed by atoms with E-state index < -0.39 is 0 Å². The van der Waals surface area contributed by atoms with Gasteiger partial charge >= 0.3 is 0 Å². The SMILES string of the molecule is CC(C)(C)c1cc(C2CC2)c2nc(C(C)(C)C)sc2c1. The van der Waals surface area contributed by atoms with E-state index in [-0.39, 0.29) is 10.8 Å². The Bertz CT molecular complexity index is 648. The lowest BCUT2D eigenvalue weighted by Gasteiger charge is -2.20. The van der Waals surface area contributed by atoms with E-state index in [1.54, 1.807) is 0 Å². The van der Waals surface area contributed by atoms with Crippen molar-refractivity contribution in [3.05, 3.63) is 28.3 Å². The number of benzene rings is 1. The maximum Gasteiger partial charge on any atom is 0.0992 e. The summed E-state index contributed by atoms with van der Waals surface area (Å²) in [5.41, 5.74) is 4.58. The summed E-state index contributed by atoms with van der Waals surface area (Å²) in [6.45, 7) is 13.7. The van der Waals surface area contributed by atoms with Gasteiger partial charge in [-0.15, -0.1) is 11.3 Å². The zero-order valence-electron chi connectivity index (χ0n) is 13.5. The molecule has 1 fully saturated rings. The van der Waals surface area contributed by atoms with Crippen molar-refractivity contribution in [2.75, 3.05) is 0 Å². The van der Waals surface area contributed by atoms with Gasteiger partial charge in [-0.3, -0.25) is 0 Å². The van der Waals surface area contributed by atoms with Crippen LogP contribution >= 0.6 is 11.3 Å². The average Bonchev–Trinajstić information content (AvgIpc) is 3.03.